The molecule has 0 heterocycles. The molecule has 2 aromatic rings. The maximum atomic E-state index is 13.9. The van der Waals surface area contributed by atoms with Gasteiger partial charge in [0.1, 0.15) is 17.0 Å². The summed E-state index contributed by atoms with van der Waals surface area (Å²) in [5.74, 6) is 6.85. The standard InChI is InChI=1S/C26H25F2NS/c27-24-15-19(16-25(28)26(24)30-17-29)6-5-18-7-9-21(10-8-18)23-13-11-22(12-14-23)20-3-1-2-4-20/h7-10,15-16,20,22-23H,1-4,11-14H2. The molecular weight excluding hydrogens is 396 g/mol. The van der Waals surface area contributed by atoms with E-state index in [1.54, 1.807) is 5.40 Å². The van der Waals surface area contributed by atoms with E-state index in [-0.39, 0.29) is 10.5 Å². The highest BCUT2D eigenvalue weighted by atomic mass is 32.2. The minimum atomic E-state index is -0.755. The van der Waals surface area contributed by atoms with Crippen molar-refractivity contribution in [1.29, 1.82) is 5.26 Å². The van der Waals surface area contributed by atoms with Gasteiger partial charge in [0.2, 0.25) is 0 Å². The maximum absolute atomic E-state index is 13.9. The third kappa shape index (κ3) is 4.88. The van der Waals surface area contributed by atoms with Gasteiger partial charge in [-0.1, -0.05) is 49.7 Å². The van der Waals surface area contributed by atoms with Gasteiger partial charge in [0.05, 0.1) is 4.90 Å². The molecule has 0 aliphatic heterocycles. The van der Waals surface area contributed by atoms with Crippen LogP contribution in [0.3, 0.4) is 0 Å². The molecular formula is C26H25F2NS. The molecule has 4 heteroatoms. The number of hydrogen-bond acceptors (Lipinski definition) is 2. The number of nitriles is 1. The minimum absolute atomic E-state index is 0.265. The Kier molecular flexibility index (Phi) is 6.76. The molecule has 2 fully saturated rings. The molecule has 0 amide bonds. The lowest BCUT2D eigenvalue weighted by molar-refractivity contribution is 0.235. The smallest absolute Gasteiger partial charge is 0.142 e. The fourth-order valence-electron chi connectivity index (χ4n) is 5.11. The first-order chi connectivity index (χ1) is 14.6. The van der Waals surface area contributed by atoms with Gasteiger partial charge in [0.25, 0.3) is 0 Å². The molecule has 154 valence electrons. The number of hydrogen-bond donors (Lipinski definition) is 0. The zero-order valence-electron chi connectivity index (χ0n) is 17.0. The van der Waals surface area contributed by atoms with Crippen LogP contribution in [0.1, 0.15) is 74.0 Å². The highest BCUT2D eigenvalue weighted by Crippen LogP contribution is 2.43. The van der Waals surface area contributed by atoms with Crippen molar-refractivity contribution in [3.63, 3.8) is 0 Å². The van der Waals surface area contributed by atoms with Gasteiger partial charge in [-0.25, -0.2) is 8.78 Å². The van der Waals surface area contributed by atoms with Crippen LogP contribution in [-0.2, 0) is 0 Å². The van der Waals surface area contributed by atoms with Crippen LogP contribution in [0.5, 0.6) is 0 Å². The van der Waals surface area contributed by atoms with Gasteiger partial charge in [0.15, 0.2) is 0 Å². The Bertz CT molecular complexity index is 959. The fraction of sp³-hybridized carbons (Fsp3) is 0.423. The number of halogens is 2. The van der Waals surface area contributed by atoms with Crippen molar-refractivity contribution < 1.29 is 8.78 Å². The van der Waals surface area contributed by atoms with Gasteiger partial charge >= 0.3 is 0 Å². The molecule has 0 unspecified atom stereocenters. The van der Waals surface area contributed by atoms with Gasteiger partial charge in [-0.15, -0.1) is 0 Å². The van der Waals surface area contributed by atoms with Gasteiger partial charge in [-0.3, -0.25) is 0 Å². The third-order valence-corrected chi connectivity index (χ3v) is 7.40. The van der Waals surface area contributed by atoms with Gasteiger partial charge in [-0.2, -0.15) is 5.26 Å². The molecule has 0 radical (unpaired) electrons. The van der Waals surface area contributed by atoms with Crippen LogP contribution in [0.25, 0.3) is 0 Å². The molecule has 2 aliphatic carbocycles. The number of rotatable bonds is 3. The monoisotopic (exact) mass is 421 g/mol. The summed E-state index contributed by atoms with van der Waals surface area (Å²) >= 11 is 0.481. The maximum Gasteiger partial charge on any atom is 0.142 e. The average molecular weight is 422 g/mol. The van der Waals surface area contributed by atoms with Crippen molar-refractivity contribution in [3.8, 4) is 17.2 Å². The largest absolute Gasteiger partial charge is 0.206 e. The van der Waals surface area contributed by atoms with E-state index in [9.17, 15) is 8.78 Å². The lowest BCUT2D eigenvalue weighted by Crippen LogP contribution is -2.19. The Hall–Kier alpha value is -2.30. The van der Waals surface area contributed by atoms with Crippen LogP contribution in [0.15, 0.2) is 41.3 Å². The van der Waals surface area contributed by atoms with E-state index in [4.69, 9.17) is 5.26 Å². The summed E-state index contributed by atoms with van der Waals surface area (Å²) in [5, 5.41) is 10.3. The highest BCUT2D eigenvalue weighted by molar-refractivity contribution is 8.03. The van der Waals surface area contributed by atoms with Crippen molar-refractivity contribution >= 4 is 11.8 Å². The summed E-state index contributed by atoms with van der Waals surface area (Å²) in [6.45, 7) is 0. The van der Waals surface area contributed by atoms with Crippen molar-refractivity contribution in [2.24, 2.45) is 11.8 Å². The lowest BCUT2D eigenvalue weighted by atomic mass is 9.73. The Labute approximate surface area is 181 Å². The number of nitrogens with zero attached hydrogens (tertiary/aromatic N) is 1. The first-order valence-corrected chi connectivity index (χ1v) is 11.6. The molecule has 0 aromatic heterocycles. The van der Waals surface area contributed by atoms with E-state index in [0.717, 1.165) is 17.4 Å². The van der Waals surface area contributed by atoms with Crippen molar-refractivity contribution in [3.05, 3.63) is 64.7 Å². The third-order valence-electron chi connectivity index (χ3n) is 6.72. The van der Waals surface area contributed by atoms with E-state index < -0.39 is 11.6 Å². The topological polar surface area (TPSA) is 23.8 Å². The molecule has 2 saturated carbocycles. The SMILES string of the molecule is N#CSc1c(F)cc(C#Cc2ccc(C3CCC(C4CCCC4)CC3)cc2)cc1F. The Morgan fingerprint density at radius 1 is 0.767 bits per heavy atom. The summed E-state index contributed by atoms with van der Waals surface area (Å²) in [6.07, 6.45) is 11.0. The van der Waals surface area contributed by atoms with Gasteiger partial charge in [-0.05, 0) is 85.0 Å². The van der Waals surface area contributed by atoms with Crippen molar-refractivity contribution in [2.45, 2.75) is 62.2 Å². The van der Waals surface area contributed by atoms with E-state index in [1.165, 1.54) is 69.1 Å². The summed E-state index contributed by atoms with van der Waals surface area (Å²) in [5.41, 5.74) is 2.47. The summed E-state index contributed by atoms with van der Waals surface area (Å²) in [4.78, 5) is -0.282. The molecule has 0 atom stereocenters. The van der Waals surface area contributed by atoms with Crippen LogP contribution >= 0.6 is 11.8 Å². The highest BCUT2D eigenvalue weighted by Gasteiger charge is 2.29. The molecule has 2 aromatic carbocycles. The minimum Gasteiger partial charge on any atom is -0.206 e. The number of thiocyanates is 1. The van der Waals surface area contributed by atoms with Crippen LogP contribution in [0.2, 0.25) is 0 Å². The average Bonchev–Trinajstić information content (AvgIpc) is 3.30. The quantitative estimate of drug-likeness (QED) is 0.293. The van der Waals surface area contributed by atoms with Crippen molar-refractivity contribution in [2.75, 3.05) is 0 Å². The van der Waals surface area contributed by atoms with Crippen LogP contribution in [-0.4, -0.2) is 0 Å². The van der Waals surface area contributed by atoms with E-state index in [2.05, 4.69) is 24.0 Å². The normalized spacial score (nSPS) is 21.6. The summed E-state index contributed by atoms with van der Waals surface area (Å²) in [7, 11) is 0. The van der Waals surface area contributed by atoms with Crippen LogP contribution in [0.4, 0.5) is 8.78 Å². The molecule has 4 rings (SSSR count). The van der Waals surface area contributed by atoms with Gasteiger partial charge in [0, 0.05) is 11.1 Å². The lowest BCUT2D eigenvalue weighted by Gasteiger charge is -2.32. The summed E-state index contributed by atoms with van der Waals surface area (Å²) < 4.78 is 27.9. The van der Waals surface area contributed by atoms with Gasteiger partial charge < -0.3 is 0 Å². The molecule has 1 nitrogen and oxygen atoms in total. The van der Waals surface area contributed by atoms with E-state index in [1.807, 2.05) is 12.1 Å². The fourth-order valence-corrected chi connectivity index (χ4v) is 5.52. The number of benzene rings is 2. The Morgan fingerprint density at radius 2 is 1.33 bits per heavy atom. The molecule has 30 heavy (non-hydrogen) atoms. The first kappa shape index (κ1) is 21.0. The summed E-state index contributed by atoms with van der Waals surface area (Å²) in [6, 6.07) is 10.6. The van der Waals surface area contributed by atoms with Crippen LogP contribution in [0, 0.1) is 46.0 Å². The van der Waals surface area contributed by atoms with Crippen molar-refractivity contribution in [1.82, 2.24) is 0 Å². The van der Waals surface area contributed by atoms with Crippen LogP contribution < -0.4 is 0 Å². The molecule has 0 bridgehead atoms. The zero-order chi connectivity index (χ0) is 20.9. The Balaban J connectivity index is 1.39. The molecule has 0 spiro atoms. The predicted molar refractivity (Wildman–Crippen MR) is 117 cm³/mol. The zero-order valence-corrected chi connectivity index (χ0v) is 17.8. The molecule has 2 aliphatic rings. The molecule has 0 saturated heterocycles. The Morgan fingerprint density at radius 3 is 1.93 bits per heavy atom. The molecule has 0 N–H and O–H groups in total. The first-order valence-electron chi connectivity index (χ1n) is 10.8. The second kappa shape index (κ2) is 9.67. The second-order valence-corrected chi connectivity index (χ2v) is 9.29. The second-order valence-electron chi connectivity index (χ2n) is 8.49. The van der Waals surface area contributed by atoms with E-state index in [0.29, 0.717) is 17.7 Å². The predicted octanol–water partition coefficient (Wildman–Crippen LogP) is 7.40. The van der Waals surface area contributed by atoms with E-state index >= 15 is 0 Å². The number of thioether (sulfide) groups is 1.